The number of halogens is 1. The minimum absolute atomic E-state index is 0.280. The van der Waals surface area contributed by atoms with Crippen molar-refractivity contribution in [1.82, 2.24) is 4.98 Å². The summed E-state index contributed by atoms with van der Waals surface area (Å²) in [5.41, 5.74) is 6.08. The van der Waals surface area contributed by atoms with Gasteiger partial charge in [-0.1, -0.05) is 11.6 Å². The van der Waals surface area contributed by atoms with Crippen molar-refractivity contribution in [2.45, 2.75) is 0 Å². The van der Waals surface area contributed by atoms with Crippen molar-refractivity contribution in [3.63, 3.8) is 0 Å². The Morgan fingerprint density at radius 2 is 2.22 bits per heavy atom. The second-order valence-corrected chi connectivity index (χ2v) is 2.00. The average Bonchev–Trinajstić information content (AvgIpc) is 1.80. The van der Waals surface area contributed by atoms with E-state index < -0.39 is 0 Å². The molecule has 0 aliphatic heterocycles. The minimum atomic E-state index is 0.280. The molecule has 0 bridgehead atoms. The van der Waals surface area contributed by atoms with E-state index in [0.29, 0.717) is 10.8 Å². The van der Waals surface area contributed by atoms with Gasteiger partial charge in [0.1, 0.15) is 13.0 Å². The van der Waals surface area contributed by atoms with Gasteiger partial charge in [-0.2, -0.15) is 0 Å². The van der Waals surface area contributed by atoms with Gasteiger partial charge in [-0.15, -0.1) is 0 Å². The van der Waals surface area contributed by atoms with E-state index in [-0.39, 0.29) is 5.59 Å². The van der Waals surface area contributed by atoms with E-state index in [4.69, 9.17) is 25.2 Å². The van der Waals surface area contributed by atoms with Crippen LogP contribution in [0.1, 0.15) is 0 Å². The molecular formula is C5H4BClN2. The lowest BCUT2D eigenvalue weighted by molar-refractivity contribution is 1.39. The standard InChI is InChI=1S/C5H4BClN2/c6-5-3(8)1-2-4(7)9-5/h1-2H,8H2. The Morgan fingerprint density at radius 3 is 2.67 bits per heavy atom. The molecule has 1 aromatic rings. The van der Waals surface area contributed by atoms with Crippen LogP contribution in [0, 0.1) is 0 Å². The van der Waals surface area contributed by atoms with Gasteiger partial charge in [-0.25, -0.2) is 0 Å². The van der Waals surface area contributed by atoms with Gasteiger partial charge < -0.3 is 5.73 Å². The van der Waals surface area contributed by atoms with Crippen molar-refractivity contribution < 1.29 is 0 Å². The number of pyridine rings is 1. The molecule has 0 fully saturated rings. The monoisotopic (exact) mass is 138 g/mol. The number of nitrogens with two attached hydrogens (primary N) is 1. The molecule has 0 aliphatic carbocycles. The summed E-state index contributed by atoms with van der Waals surface area (Å²) in [6, 6.07) is 3.21. The van der Waals surface area contributed by atoms with Crippen LogP contribution in [0.15, 0.2) is 12.1 Å². The number of nitrogens with zero attached hydrogens (tertiary/aromatic N) is 1. The van der Waals surface area contributed by atoms with Gasteiger partial charge >= 0.3 is 0 Å². The molecule has 0 saturated carbocycles. The quantitative estimate of drug-likeness (QED) is 0.408. The topological polar surface area (TPSA) is 38.9 Å². The lowest BCUT2D eigenvalue weighted by Gasteiger charge is -1.96. The van der Waals surface area contributed by atoms with Gasteiger partial charge in [0.15, 0.2) is 0 Å². The molecule has 9 heavy (non-hydrogen) atoms. The molecule has 0 atom stereocenters. The first-order valence-electron chi connectivity index (χ1n) is 2.37. The highest BCUT2D eigenvalue weighted by atomic mass is 35.5. The SMILES string of the molecule is [B]c1nc(Cl)ccc1N. The highest BCUT2D eigenvalue weighted by molar-refractivity contribution is 6.35. The van der Waals surface area contributed by atoms with E-state index in [1.807, 2.05) is 0 Å². The van der Waals surface area contributed by atoms with Gasteiger partial charge in [0, 0.05) is 11.3 Å². The number of hydrogen-bond donors (Lipinski definition) is 1. The van der Waals surface area contributed by atoms with Crippen molar-refractivity contribution in [3.8, 4) is 0 Å². The molecule has 44 valence electrons. The molecule has 2 nitrogen and oxygen atoms in total. The highest BCUT2D eigenvalue weighted by Gasteiger charge is 1.92. The van der Waals surface area contributed by atoms with Crippen LogP contribution in [0.3, 0.4) is 0 Å². The van der Waals surface area contributed by atoms with Crippen molar-refractivity contribution in [1.29, 1.82) is 0 Å². The fourth-order valence-corrected chi connectivity index (χ4v) is 0.615. The summed E-state index contributed by atoms with van der Waals surface area (Å²) in [6.07, 6.45) is 0. The first-order chi connectivity index (χ1) is 4.20. The number of aromatic nitrogens is 1. The van der Waals surface area contributed by atoms with Crippen molar-refractivity contribution in [2.24, 2.45) is 0 Å². The van der Waals surface area contributed by atoms with Crippen LogP contribution in [-0.2, 0) is 0 Å². The third-order valence-electron chi connectivity index (χ3n) is 0.923. The molecule has 1 heterocycles. The summed E-state index contributed by atoms with van der Waals surface area (Å²) in [6.45, 7) is 0. The zero-order valence-corrected chi connectivity index (χ0v) is 5.39. The maximum absolute atomic E-state index is 5.47. The predicted molar refractivity (Wildman–Crippen MR) is 39.0 cm³/mol. The number of nitrogen functional groups attached to an aromatic ring is 1. The fraction of sp³-hybridized carbons (Fsp3) is 0. The predicted octanol–water partition coefficient (Wildman–Crippen LogP) is 0.111. The Labute approximate surface area is 59.4 Å². The van der Waals surface area contributed by atoms with Gasteiger partial charge in [-0.05, 0) is 12.1 Å². The summed E-state index contributed by atoms with van der Waals surface area (Å²) < 4.78 is 0. The van der Waals surface area contributed by atoms with Crippen LogP contribution >= 0.6 is 11.6 Å². The molecule has 1 aromatic heterocycles. The summed E-state index contributed by atoms with van der Waals surface area (Å²) in [4.78, 5) is 3.69. The smallest absolute Gasteiger partial charge is 0.144 e. The Hall–Kier alpha value is -0.695. The molecule has 0 aromatic carbocycles. The Balaban J connectivity index is 3.17. The second-order valence-electron chi connectivity index (χ2n) is 1.61. The van der Waals surface area contributed by atoms with E-state index in [1.165, 1.54) is 0 Å². The molecule has 0 amide bonds. The molecular weight excluding hydrogens is 134 g/mol. The number of hydrogen-bond acceptors (Lipinski definition) is 2. The number of anilines is 1. The maximum atomic E-state index is 5.47. The lowest BCUT2D eigenvalue weighted by Crippen LogP contribution is -2.13. The first kappa shape index (κ1) is 6.43. The molecule has 2 radical (unpaired) electrons. The van der Waals surface area contributed by atoms with Crippen LogP contribution in [0.5, 0.6) is 0 Å². The van der Waals surface area contributed by atoms with Crippen molar-refractivity contribution in [3.05, 3.63) is 17.3 Å². The Bertz CT molecular complexity index is 226. The largest absolute Gasteiger partial charge is 0.398 e. The van der Waals surface area contributed by atoms with Crippen LogP contribution in [0.2, 0.25) is 5.15 Å². The maximum Gasteiger partial charge on any atom is 0.144 e. The third kappa shape index (κ3) is 1.36. The lowest BCUT2D eigenvalue weighted by atomic mass is 10.0. The zero-order chi connectivity index (χ0) is 6.85. The summed E-state index contributed by atoms with van der Waals surface area (Å²) >= 11 is 5.47. The molecule has 0 unspecified atom stereocenters. The van der Waals surface area contributed by atoms with E-state index >= 15 is 0 Å². The zero-order valence-electron chi connectivity index (χ0n) is 4.63. The summed E-state index contributed by atoms with van der Waals surface area (Å²) in [5.74, 6) is 0. The van der Waals surface area contributed by atoms with Crippen molar-refractivity contribution >= 4 is 30.7 Å². The van der Waals surface area contributed by atoms with E-state index in [2.05, 4.69) is 4.98 Å². The summed E-state index contributed by atoms with van der Waals surface area (Å²) in [5, 5.41) is 0.363. The van der Waals surface area contributed by atoms with Crippen LogP contribution in [0.25, 0.3) is 0 Å². The molecule has 0 spiro atoms. The van der Waals surface area contributed by atoms with Gasteiger partial charge in [-0.3, -0.25) is 4.98 Å². The van der Waals surface area contributed by atoms with E-state index in [0.717, 1.165) is 0 Å². The first-order valence-corrected chi connectivity index (χ1v) is 2.75. The molecule has 2 N–H and O–H groups in total. The third-order valence-corrected chi connectivity index (χ3v) is 1.13. The normalized spacial score (nSPS) is 9.44. The Kier molecular flexibility index (Phi) is 1.62. The molecule has 4 heteroatoms. The van der Waals surface area contributed by atoms with E-state index in [9.17, 15) is 0 Å². The highest BCUT2D eigenvalue weighted by Crippen LogP contribution is 2.02. The van der Waals surface area contributed by atoms with Gasteiger partial charge in [0.2, 0.25) is 0 Å². The molecule has 0 saturated heterocycles. The van der Waals surface area contributed by atoms with Gasteiger partial charge in [0.05, 0.1) is 0 Å². The minimum Gasteiger partial charge on any atom is -0.398 e. The summed E-state index contributed by atoms with van der Waals surface area (Å²) in [7, 11) is 5.30. The number of rotatable bonds is 0. The van der Waals surface area contributed by atoms with Crippen molar-refractivity contribution in [2.75, 3.05) is 5.73 Å². The molecule has 0 aliphatic rings. The molecule has 1 rings (SSSR count). The average molecular weight is 138 g/mol. The van der Waals surface area contributed by atoms with Crippen LogP contribution < -0.4 is 11.3 Å². The second kappa shape index (κ2) is 2.27. The van der Waals surface area contributed by atoms with Crippen LogP contribution in [-0.4, -0.2) is 12.8 Å². The van der Waals surface area contributed by atoms with Gasteiger partial charge in [0.25, 0.3) is 0 Å². The van der Waals surface area contributed by atoms with E-state index in [1.54, 1.807) is 12.1 Å². The van der Waals surface area contributed by atoms with Crippen LogP contribution in [0.4, 0.5) is 5.69 Å². The Morgan fingerprint density at radius 1 is 1.56 bits per heavy atom. The fourth-order valence-electron chi connectivity index (χ4n) is 0.461.